The number of esters is 1. The maximum atomic E-state index is 13.5. The Morgan fingerprint density at radius 1 is 1.21 bits per heavy atom. The maximum absolute atomic E-state index is 13.5. The van der Waals surface area contributed by atoms with E-state index in [4.69, 9.17) is 16.3 Å². The van der Waals surface area contributed by atoms with Crippen LogP contribution in [0.1, 0.15) is 42.9 Å². The minimum absolute atomic E-state index is 0.00482. The summed E-state index contributed by atoms with van der Waals surface area (Å²) in [6.07, 6.45) is 0.389. The largest absolute Gasteiger partial charge is 0.466 e. The van der Waals surface area contributed by atoms with E-state index >= 15 is 0 Å². The fraction of sp³-hybridized carbons (Fsp3) is 0.333. The van der Waals surface area contributed by atoms with Crippen LogP contribution in [-0.4, -0.2) is 44.4 Å². The molecule has 1 aliphatic carbocycles. The third-order valence-electron chi connectivity index (χ3n) is 6.89. The van der Waals surface area contributed by atoms with Crippen molar-refractivity contribution in [3.8, 4) is 0 Å². The van der Waals surface area contributed by atoms with Gasteiger partial charge in [-0.3, -0.25) is 24.0 Å². The molecule has 5 rings (SSSR count). The number of thioether (sulfide) groups is 1. The molecule has 2 aromatic carbocycles. The van der Waals surface area contributed by atoms with Crippen molar-refractivity contribution >= 4 is 57.5 Å². The van der Waals surface area contributed by atoms with Gasteiger partial charge in [0.05, 0.1) is 47.3 Å². The highest BCUT2D eigenvalue weighted by molar-refractivity contribution is 8.18. The molecule has 0 bridgehead atoms. The van der Waals surface area contributed by atoms with Gasteiger partial charge in [0.1, 0.15) is 0 Å². The lowest BCUT2D eigenvalue weighted by Crippen LogP contribution is -2.43. The van der Waals surface area contributed by atoms with Crippen molar-refractivity contribution in [1.29, 1.82) is 0 Å². The van der Waals surface area contributed by atoms with Gasteiger partial charge in [0.15, 0.2) is 0 Å². The maximum Gasteiger partial charge on any atom is 0.416 e. The normalized spacial score (nSPS) is 20.9. The second kappa shape index (κ2) is 10.7. The molecule has 2 aliphatic rings. The summed E-state index contributed by atoms with van der Waals surface area (Å²) in [5.74, 6) is -1.38. The van der Waals surface area contributed by atoms with E-state index in [1.807, 2.05) is 0 Å². The Labute approximate surface area is 230 Å². The van der Waals surface area contributed by atoms with Crippen molar-refractivity contribution in [3.05, 3.63) is 69.2 Å². The summed E-state index contributed by atoms with van der Waals surface area (Å²) in [5, 5.41) is 4.48. The second-order valence-corrected chi connectivity index (χ2v) is 10.8. The van der Waals surface area contributed by atoms with Crippen LogP contribution >= 0.6 is 23.4 Å². The number of ether oxygens (including phenoxy) is 1. The Kier molecular flexibility index (Phi) is 7.47. The minimum Gasteiger partial charge on any atom is -0.466 e. The van der Waals surface area contributed by atoms with E-state index in [1.165, 1.54) is 27.9 Å². The molecule has 2 fully saturated rings. The van der Waals surface area contributed by atoms with E-state index in [0.717, 1.165) is 24.2 Å². The number of alkyl halides is 3. The molecule has 3 aromatic rings. The van der Waals surface area contributed by atoms with E-state index < -0.39 is 40.8 Å². The molecule has 0 spiro atoms. The number of hydrogen-bond donors (Lipinski definition) is 0. The first kappa shape index (κ1) is 27.3. The van der Waals surface area contributed by atoms with Crippen molar-refractivity contribution in [2.75, 3.05) is 6.61 Å². The fourth-order valence-corrected chi connectivity index (χ4v) is 6.18. The highest BCUT2D eigenvalue weighted by Crippen LogP contribution is 2.40. The van der Waals surface area contributed by atoms with Gasteiger partial charge in [-0.1, -0.05) is 30.2 Å². The Bertz CT molecular complexity index is 1500. The summed E-state index contributed by atoms with van der Waals surface area (Å²) in [6, 6.07) is 8.26. The molecule has 1 saturated heterocycles. The summed E-state index contributed by atoms with van der Waals surface area (Å²) < 4.78 is 47.2. The number of amides is 2. The van der Waals surface area contributed by atoms with E-state index in [9.17, 15) is 27.6 Å². The van der Waals surface area contributed by atoms with E-state index in [2.05, 4.69) is 5.10 Å². The van der Waals surface area contributed by atoms with Gasteiger partial charge in [0.2, 0.25) is 0 Å². The van der Waals surface area contributed by atoms with Crippen LogP contribution in [0, 0.1) is 5.92 Å². The van der Waals surface area contributed by atoms with Crippen molar-refractivity contribution in [1.82, 2.24) is 14.7 Å². The number of carbonyl (C=O) groups is 3. The molecule has 204 valence electrons. The van der Waals surface area contributed by atoms with Gasteiger partial charge in [0, 0.05) is 10.4 Å². The van der Waals surface area contributed by atoms with Gasteiger partial charge in [-0.25, -0.2) is 0 Å². The van der Waals surface area contributed by atoms with Crippen LogP contribution in [0.4, 0.5) is 18.0 Å². The predicted molar refractivity (Wildman–Crippen MR) is 141 cm³/mol. The van der Waals surface area contributed by atoms with E-state index in [0.29, 0.717) is 29.3 Å². The van der Waals surface area contributed by atoms with Gasteiger partial charge in [0.25, 0.3) is 11.1 Å². The smallest absolute Gasteiger partial charge is 0.416 e. The highest BCUT2D eigenvalue weighted by atomic mass is 35.5. The number of imide groups is 1. The van der Waals surface area contributed by atoms with Crippen molar-refractivity contribution in [3.63, 3.8) is 0 Å². The Morgan fingerprint density at radius 3 is 2.74 bits per heavy atom. The van der Waals surface area contributed by atoms with Gasteiger partial charge in [-0.2, -0.15) is 18.3 Å². The fourth-order valence-electron chi connectivity index (χ4n) is 5.12. The topological polar surface area (TPSA) is 81.5 Å². The number of fused-ring (bicyclic) bond motifs is 1. The number of aromatic nitrogens is 2. The Morgan fingerprint density at radius 2 is 2.00 bits per heavy atom. The number of rotatable bonds is 6. The molecular formula is C27H23ClF3N3O4S. The highest BCUT2D eigenvalue weighted by Gasteiger charge is 2.47. The summed E-state index contributed by atoms with van der Waals surface area (Å²) in [6.45, 7) is 1.82. The molecule has 12 heteroatoms. The molecule has 0 radical (unpaired) electrons. The van der Waals surface area contributed by atoms with Gasteiger partial charge < -0.3 is 4.74 Å². The average Bonchev–Trinajstić information content (AvgIpc) is 3.58. The molecule has 1 aromatic heterocycles. The van der Waals surface area contributed by atoms with Crippen LogP contribution in [0.2, 0.25) is 5.02 Å². The molecule has 0 N–H and O–H groups in total. The molecule has 2 heterocycles. The summed E-state index contributed by atoms with van der Waals surface area (Å²) >= 11 is 6.60. The minimum atomic E-state index is -4.56. The van der Waals surface area contributed by atoms with Gasteiger partial charge in [-0.05, 0) is 73.0 Å². The molecule has 7 nitrogen and oxygen atoms in total. The van der Waals surface area contributed by atoms with Crippen LogP contribution < -0.4 is 0 Å². The van der Waals surface area contributed by atoms with Crippen molar-refractivity contribution < 1.29 is 32.3 Å². The quantitative estimate of drug-likeness (QED) is 0.245. The number of nitrogens with zero attached hydrogens (tertiary/aromatic N) is 3. The van der Waals surface area contributed by atoms with Gasteiger partial charge >= 0.3 is 12.1 Å². The zero-order valence-electron chi connectivity index (χ0n) is 20.7. The van der Waals surface area contributed by atoms with Crippen LogP contribution in [-0.2, 0) is 27.0 Å². The lowest BCUT2D eigenvalue weighted by atomic mass is 10.0. The Hall–Kier alpha value is -3.31. The molecule has 1 aliphatic heterocycles. The third-order valence-corrected chi connectivity index (χ3v) is 8.00. The lowest BCUT2D eigenvalue weighted by Gasteiger charge is -2.25. The molecular weight excluding hydrogens is 555 g/mol. The summed E-state index contributed by atoms with van der Waals surface area (Å²) in [4.78, 5) is 39.7. The van der Waals surface area contributed by atoms with Crippen LogP contribution in [0.5, 0.6) is 0 Å². The van der Waals surface area contributed by atoms with E-state index in [-0.39, 0.29) is 28.6 Å². The monoisotopic (exact) mass is 577 g/mol. The van der Waals surface area contributed by atoms with Crippen LogP contribution in [0.15, 0.2) is 47.5 Å². The summed E-state index contributed by atoms with van der Waals surface area (Å²) in [7, 11) is 0. The number of halogens is 4. The second-order valence-electron chi connectivity index (χ2n) is 9.33. The number of hydrogen-bond acceptors (Lipinski definition) is 6. The molecule has 1 saturated carbocycles. The summed E-state index contributed by atoms with van der Waals surface area (Å²) in [5.41, 5.74) is 0.441. The first-order valence-electron chi connectivity index (χ1n) is 12.3. The van der Waals surface area contributed by atoms with Crippen LogP contribution in [0.25, 0.3) is 17.0 Å². The number of carbonyl (C=O) groups excluding carboxylic acids is 3. The lowest BCUT2D eigenvalue weighted by molar-refractivity contribution is -0.149. The number of benzene rings is 2. The molecule has 0 unspecified atom stereocenters. The van der Waals surface area contributed by atoms with Gasteiger partial charge in [-0.15, -0.1) is 0 Å². The van der Waals surface area contributed by atoms with Crippen molar-refractivity contribution in [2.45, 2.75) is 44.9 Å². The predicted octanol–water partition coefficient (Wildman–Crippen LogP) is 6.52. The zero-order chi connectivity index (χ0) is 27.9. The standard InChI is InChI=1S/C27H23ClF3N3O4S/c1-2-38-25(36)19-4-3-5-22(19)34-24(35)23(39-26(34)37)11-15-6-9-21-17(10-15)13-32-33(21)14-16-7-8-18(28)12-20(16)27(29,30)31/h6-13,19,22H,2-5,14H2,1H3/t19-,22-/m1/s1. The average molecular weight is 578 g/mol. The van der Waals surface area contributed by atoms with Crippen molar-refractivity contribution in [2.24, 2.45) is 5.92 Å². The Balaban J connectivity index is 1.38. The molecule has 39 heavy (non-hydrogen) atoms. The zero-order valence-corrected chi connectivity index (χ0v) is 22.3. The first-order valence-corrected chi connectivity index (χ1v) is 13.5. The third kappa shape index (κ3) is 5.42. The first-order chi connectivity index (χ1) is 18.6. The van der Waals surface area contributed by atoms with E-state index in [1.54, 1.807) is 31.2 Å². The SMILES string of the molecule is CCOC(=O)[C@@H]1CCC[C@H]1N1C(=O)SC(=Cc2ccc3c(cnn3Cc3ccc(Cl)cc3C(F)(F)F)c2)C1=O. The van der Waals surface area contributed by atoms with Crippen LogP contribution in [0.3, 0.4) is 0 Å². The molecule has 2 atom stereocenters. The molecule has 2 amide bonds.